The molecule has 1 amide bonds. The van der Waals surface area contributed by atoms with Crippen LogP contribution in [0.5, 0.6) is 0 Å². The van der Waals surface area contributed by atoms with Crippen LogP contribution in [-0.4, -0.2) is 61.9 Å². The summed E-state index contributed by atoms with van der Waals surface area (Å²) in [5.74, 6) is -0.00102. The molecular formula is C17H23ClN2O4S. The quantitative estimate of drug-likeness (QED) is 0.795. The summed E-state index contributed by atoms with van der Waals surface area (Å²) in [5, 5.41) is 0.393. The van der Waals surface area contributed by atoms with E-state index in [2.05, 4.69) is 0 Å². The number of ether oxygens (including phenoxy) is 1. The van der Waals surface area contributed by atoms with Gasteiger partial charge >= 0.3 is 0 Å². The molecule has 1 aromatic rings. The van der Waals surface area contributed by atoms with Gasteiger partial charge in [-0.05, 0) is 37.5 Å². The molecule has 3 rings (SSSR count). The van der Waals surface area contributed by atoms with Gasteiger partial charge in [0.2, 0.25) is 15.9 Å². The molecule has 1 aromatic carbocycles. The maximum atomic E-state index is 12.8. The van der Waals surface area contributed by atoms with E-state index in [1.807, 2.05) is 4.90 Å². The van der Waals surface area contributed by atoms with Gasteiger partial charge in [0.1, 0.15) is 0 Å². The van der Waals surface area contributed by atoms with Crippen molar-refractivity contribution in [2.75, 3.05) is 26.3 Å². The maximum Gasteiger partial charge on any atom is 0.243 e. The minimum Gasteiger partial charge on any atom is -0.381 e. The van der Waals surface area contributed by atoms with Crippen molar-refractivity contribution in [2.45, 2.75) is 43.2 Å². The lowest BCUT2D eigenvalue weighted by Crippen LogP contribution is -2.49. The molecule has 1 unspecified atom stereocenters. The van der Waals surface area contributed by atoms with Crippen LogP contribution in [0, 0.1) is 0 Å². The third kappa shape index (κ3) is 4.00. The van der Waals surface area contributed by atoms with Gasteiger partial charge in [0.15, 0.2) is 0 Å². The van der Waals surface area contributed by atoms with Gasteiger partial charge in [0.25, 0.3) is 0 Å². The molecule has 2 fully saturated rings. The Morgan fingerprint density at radius 3 is 2.60 bits per heavy atom. The molecule has 138 valence electrons. The van der Waals surface area contributed by atoms with E-state index in [1.165, 1.54) is 10.4 Å². The van der Waals surface area contributed by atoms with Crippen LogP contribution in [0.15, 0.2) is 29.2 Å². The van der Waals surface area contributed by atoms with Crippen LogP contribution in [0.25, 0.3) is 0 Å². The Morgan fingerprint density at radius 2 is 1.96 bits per heavy atom. The fourth-order valence-electron chi connectivity index (χ4n) is 3.71. The van der Waals surface area contributed by atoms with Crippen molar-refractivity contribution in [1.29, 1.82) is 0 Å². The van der Waals surface area contributed by atoms with Crippen LogP contribution < -0.4 is 0 Å². The first-order valence-electron chi connectivity index (χ1n) is 8.52. The smallest absolute Gasteiger partial charge is 0.243 e. The molecule has 25 heavy (non-hydrogen) atoms. The highest BCUT2D eigenvalue weighted by molar-refractivity contribution is 7.89. The molecular weight excluding hydrogens is 364 g/mol. The molecule has 0 radical (unpaired) electrons. The Labute approximate surface area is 153 Å². The molecule has 1 atom stereocenters. The number of sulfonamides is 1. The van der Waals surface area contributed by atoms with E-state index in [9.17, 15) is 13.2 Å². The number of nitrogens with zero attached hydrogens (tertiary/aromatic N) is 2. The van der Waals surface area contributed by atoms with E-state index in [0.29, 0.717) is 37.7 Å². The molecule has 0 N–H and O–H groups in total. The van der Waals surface area contributed by atoms with Crippen molar-refractivity contribution in [3.63, 3.8) is 0 Å². The first-order valence-corrected chi connectivity index (χ1v) is 10.3. The van der Waals surface area contributed by atoms with E-state index in [1.54, 1.807) is 25.1 Å². The van der Waals surface area contributed by atoms with Crippen LogP contribution in [0.2, 0.25) is 5.02 Å². The van der Waals surface area contributed by atoms with E-state index in [4.69, 9.17) is 16.3 Å². The van der Waals surface area contributed by atoms with Gasteiger partial charge in [-0.15, -0.1) is 0 Å². The molecule has 2 aliphatic heterocycles. The predicted molar refractivity (Wildman–Crippen MR) is 95.0 cm³/mol. The van der Waals surface area contributed by atoms with Crippen molar-refractivity contribution < 1.29 is 17.9 Å². The highest BCUT2D eigenvalue weighted by Crippen LogP contribution is 2.28. The molecule has 0 saturated carbocycles. The number of amides is 1. The van der Waals surface area contributed by atoms with Gasteiger partial charge in [-0.3, -0.25) is 4.79 Å². The Kier molecular flexibility index (Phi) is 5.68. The van der Waals surface area contributed by atoms with Gasteiger partial charge in [0.05, 0.1) is 4.90 Å². The fourth-order valence-corrected chi connectivity index (χ4v) is 5.50. The second-order valence-corrected chi connectivity index (χ2v) is 8.91. The number of hydrogen-bond donors (Lipinski definition) is 0. The second kappa shape index (κ2) is 7.61. The van der Waals surface area contributed by atoms with Crippen molar-refractivity contribution >= 4 is 27.5 Å². The van der Waals surface area contributed by atoms with Gasteiger partial charge < -0.3 is 9.64 Å². The van der Waals surface area contributed by atoms with Crippen molar-refractivity contribution in [1.82, 2.24) is 9.21 Å². The zero-order chi connectivity index (χ0) is 18.0. The molecule has 2 aliphatic rings. The monoisotopic (exact) mass is 386 g/mol. The summed E-state index contributed by atoms with van der Waals surface area (Å²) in [7, 11) is -3.60. The van der Waals surface area contributed by atoms with Crippen molar-refractivity contribution in [3.05, 3.63) is 29.3 Å². The Balaban J connectivity index is 1.76. The zero-order valence-corrected chi connectivity index (χ0v) is 15.8. The summed E-state index contributed by atoms with van der Waals surface area (Å²) in [6, 6.07) is 6.34. The van der Waals surface area contributed by atoms with Gasteiger partial charge in [-0.1, -0.05) is 17.7 Å². The molecule has 8 heteroatoms. The van der Waals surface area contributed by atoms with E-state index in [0.717, 1.165) is 12.8 Å². The summed E-state index contributed by atoms with van der Waals surface area (Å²) in [6.07, 6.45) is 2.25. The summed E-state index contributed by atoms with van der Waals surface area (Å²) in [5.41, 5.74) is 0. The average Bonchev–Trinajstić information content (AvgIpc) is 3.06. The Morgan fingerprint density at radius 1 is 1.24 bits per heavy atom. The first-order chi connectivity index (χ1) is 11.9. The lowest BCUT2D eigenvalue weighted by Gasteiger charge is -2.37. The van der Waals surface area contributed by atoms with Crippen LogP contribution in [0.1, 0.15) is 26.2 Å². The first kappa shape index (κ1) is 18.6. The van der Waals surface area contributed by atoms with Crippen LogP contribution in [-0.2, 0) is 19.6 Å². The maximum absolute atomic E-state index is 12.8. The summed E-state index contributed by atoms with van der Waals surface area (Å²) in [4.78, 5) is 14.3. The lowest BCUT2D eigenvalue weighted by atomic mass is 10.0. The lowest BCUT2D eigenvalue weighted by molar-refractivity contribution is -0.135. The van der Waals surface area contributed by atoms with Crippen molar-refractivity contribution in [2.24, 2.45) is 0 Å². The Bertz CT molecular complexity index is 734. The highest BCUT2D eigenvalue weighted by Gasteiger charge is 2.38. The normalized spacial score (nSPS) is 22.9. The predicted octanol–water partition coefficient (Wildman–Crippen LogP) is 2.13. The largest absolute Gasteiger partial charge is 0.381 e. The minimum atomic E-state index is -3.60. The van der Waals surface area contributed by atoms with E-state index < -0.39 is 10.0 Å². The topological polar surface area (TPSA) is 66.9 Å². The number of hydrogen-bond acceptors (Lipinski definition) is 4. The molecule has 2 saturated heterocycles. The molecule has 0 aliphatic carbocycles. The average molecular weight is 387 g/mol. The number of benzene rings is 1. The number of carbonyl (C=O) groups is 1. The van der Waals surface area contributed by atoms with Gasteiger partial charge in [-0.25, -0.2) is 8.42 Å². The van der Waals surface area contributed by atoms with Crippen LogP contribution >= 0.6 is 11.6 Å². The third-order valence-electron chi connectivity index (χ3n) is 4.90. The molecule has 0 bridgehead atoms. The van der Waals surface area contributed by atoms with E-state index >= 15 is 0 Å². The van der Waals surface area contributed by atoms with Crippen molar-refractivity contribution in [3.8, 4) is 0 Å². The number of halogens is 1. The molecule has 2 heterocycles. The third-order valence-corrected chi connectivity index (χ3v) is 7.00. The summed E-state index contributed by atoms with van der Waals surface area (Å²) >= 11 is 5.93. The minimum absolute atomic E-state index is 0.00102. The zero-order valence-electron chi connectivity index (χ0n) is 14.2. The SMILES string of the molecule is CC(=O)N(C1CCOCC1)C1CCN(S(=O)(=O)c2cccc(Cl)c2)C1. The van der Waals surface area contributed by atoms with Gasteiger partial charge in [0, 0.05) is 50.3 Å². The molecule has 0 aromatic heterocycles. The molecule has 0 spiro atoms. The standard InChI is InChI=1S/C17H23ClN2O4S/c1-13(21)20(15-6-9-24-10-7-15)16-5-8-19(12-16)25(22,23)17-4-2-3-14(18)11-17/h2-4,11,15-16H,5-10,12H2,1H3. The fraction of sp³-hybridized carbons (Fsp3) is 0.588. The number of carbonyl (C=O) groups excluding carboxylic acids is 1. The molecule has 6 nitrogen and oxygen atoms in total. The van der Waals surface area contributed by atoms with Crippen LogP contribution in [0.3, 0.4) is 0 Å². The van der Waals surface area contributed by atoms with E-state index in [-0.39, 0.29) is 22.9 Å². The van der Waals surface area contributed by atoms with Crippen LogP contribution in [0.4, 0.5) is 0 Å². The second-order valence-electron chi connectivity index (χ2n) is 6.53. The highest BCUT2D eigenvalue weighted by atomic mass is 35.5. The summed E-state index contributed by atoms with van der Waals surface area (Å²) in [6.45, 7) is 3.58. The number of rotatable bonds is 4. The van der Waals surface area contributed by atoms with Gasteiger partial charge in [-0.2, -0.15) is 4.31 Å². The Hall–Kier alpha value is -1.15. The summed E-state index contributed by atoms with van der Waals surface area (Å²) < 4.78 is 32.5.